The highest BCUT2D eigenvalue weighted by molar-refractivity contribution is 4.64. The summed E-state index contributed by atoms with van der Waals surface area (Å²) in [5.74, 6) is 0. The molecule has 0 radical (unpaired) electrons. The van der Waals surface area contributed by atoms with E-state index < -0.39 is 0 Å². The number of rotatable bonds is 5. The summed E-state index contributed by atoms with van der Waals surface area (Å²) in [6.07, 6.45) is 0.345. The summed E-state index contributed by atoms with van der Waals surface area (Å²) in [5, 5.41) is 0. The van der Waals surface area contributed by atoms with Gasteiger partial charge in [0.25, 0.3) is 0 Å². The maximum Gasteiger partial charge on any atom is 0.0670 e. The van der Waals surface area contributed by atoms with Gasteiger partial charge in [-0.3, -0.25) is 4.90 Å². The molecule has 1 unspecified atom stereocenters. The first-order valence-electron chi connectivity index (χ1n) is 5.38. The average molecular weight is 189 g/mol. The number of ether oxygens (including phenoxy) is 1. The van der Waals surface area contributed by atoms with Crippen LogP contribution in [0.2, 0.25) is 0 Å². The summed E-state index contributed by atoms with van der Waals surface area (Å²) in [4.78, 5) is 2.40. The third kappa shape index (κ3) is 8.26. The molecule has 0 heterocycles. The largest absolute Gasteiger partial charge is 0.380 e. The molecule has 0 saturated carbocycles. The topological polar surface area (TPSA) is 12.5 Å². The second-order valence-corrected chi connectivity index (χ2v) is 3.23. The highest BCUT2D eigenvalue weighted by atomic mass is 16.5. The van der Waals surface area contributed by atoms with Crippen molar-refractivity contribution >= 4 is 0 Å². The third-order valence-electron chi connectivity index (χ3n) is 2.03. The molecule has 0 saturated heterocycles. The van der Waals surface area contributed by atoms with Gasteiger partial charge in [-0.25, -0.2) is 0 Å². The molecule has 2 nitrogen and oxygen atoms in total. The molecule has 1 atom stereocenters. The number of methoxy groups -OCH3 is 1. The fourth-order valence-electron chi connectivity index (χ4n) is 1.11. The van der Waals surface area contributed by atoms with E-state index in [4.69, 9.17) is 4.74 Å². The van der Waals surface area contributed by atoms with Crippen LogP contribution < -0.4 is 0 Å². The van der Waals surface area contributed by atoms with Gasteiger partial charge in [-0.05, 0) is 27.3 Å². The van der Waals surface area contributed by atoms with E-state index in [2.05, 4.69) is 32.6 Å². The van der Waals surface area contributed by atoms with Crippen molar-refractivity contribution in [1.82, 2.24) is 4.90 Å². The Bertz CT molecular complexity index is 94.1. The van der Waals surface area contributed by atoms with Crippen LogP contribution in [0.4, 0.5) is 0 Å². The van der Waals surface area contributed by atoms with Crippen molar-refractivity contribution in [2.45, 2.75) is 53.7 Å². The van der Waals surface area contributed by atoms with Gasteiger partial charge in [0.15, 0.2) is 0 Å². The Hall–Kier alpha value is -0.0800. The molecule has 13 heavy (non-hydrogen) atoms. The van der Waals surface area contributed by atoms with E-state index >= 15 is 0 Å². The van der Waals surface area contributed by atoms with Crippen LogP contribution in [0.25, 0.3) is 0 Å². The van der Waals surface area contributed by atoms with Crippen LogP contribution in [0, 0.1) is 0 Å². The molecule has 0 aliphatic rings. The highest BCUT2D eigenvalue weighted by Crippen LogP contribution is 2.00. The first-order chi connectivity index (χ1) is 6.11. The lowest BCUT2D eigenvalue weighted by atomic mass is 10.3. The standard InChI is InChI=1S/C9H21NO.C2H6/c1-6-10(8(2)3)7-9(4)11-5;1-2/h8-9H,6-7H2,1-5H3;1-2H3. The lowest BCUT2D eigenvalue weighted by Gasteiger charge is -2.27. The molecule has 0 bridgehead atoms. The lowest BCUT2D eigenvalue weighted by molar-refractivity contribution is 0.0680. The number of hydrogen-bond acceptors (Lipinski definition) is 2. The van der Waals surface area contributed by atoms with Crippen molar-refractivity contribution in [2.24, 2.45) is 0 Å². The zero-order valence-electron chi connectivity index (χ0n) is 10.4. The smallest absolute Gasteiger partial charge is 0.0670 e. The molecule has 0 amide bonds. The highest BCUT2D eigenvalue weighted by Gasteiger charge is 2.09. The summed E-state index contributed by atoms with van der Waals surface area (Å²) in [5.41, 5.74) is 0. The first kappa shape index (κ1) is 15.4. The average Bonchev–Trinajstić information content (AvgIpc) is 2.16. The number of nitrogens with zero attached hydrogens (tertiary/aromatic N) is 1. The van der Waals surface area contributed by atoms with Gasteiger partial charge in [-0.1, -0.05) is 20.8 Å². The number of hydrogen-bond donors (Lipinski definition) is 0. The minimum Gasteiger partial charge on any atom is -0.380 e. The second-order valence-electron chi connectivity index (χ2n) is 3.23. The Kier molecular flexibility index (Phi) is 11.8. The Labute approximate surface area is 84.3 Å². The predicted molar refractivity (Wildman–Crippen MR) is 60.2 cm³/mol. The van der Waals surface area contributed by atoms with E-state index in [-0.39, 0.29) is 0 Å². The SMILES string of the molecule is CC.CCN(CC(C)OC)C(C)C. The van der Waals surface area contributed by atoms with Crippen molar-refractivity contribution < 1.29 is 4.74 Å². The van der Waals surface area contributed by atoms with E-state index in [1.165, 1.54) is 0 Å². The maximum atomic E-state index is 5.19. The molecule has 0 aliphatic heterocycles. The van der Waals surface area contributed by atoms with Crippen LogP contribution in [0.1, 0.15) is 41.5 Å². The molecule has 0 aromatic rings. The molecule has 0 fully saturated rings. The van der Waals surface area contributed by atoms with Gasteiger partial charge in [0.05, 0.1) is 6.10 Å². The first-order valence-corrected chi connectivity index (χ1v) is 5.38. The van der Waals surface area contributed by atoms with Crippen LogP contribution in [-0.4, -0.2) is 37.2 Å². The van der Waals surface area contributed by atoms with Gasteiger partial charge in [-0.2, -0.15) is 0 Å². The van der Waals surface area contributed by atoms with Crippen LogP contribution in [0.5, 0.6) is 0 Å². The van der Waals surface area contributed by atoms with Crippen molar-refractivity contribution in [2.75, 3.05) is 20.2 Å². The molecule has 0 rings (SSSR count). The van der Waals surface area contributed by atoms with Gasteiger partial charge >= 0.3 is 0 Å². The minimum absolute atomic E-state index is 0.345. The summed E-state index contributed by atoms with van der Waals surface area (Å²) in [7, 11) is 1.76. The summed E-state index contributed by atoms with van der Waals surface area (Å²) < 4.78 is 5.19. The van der Waals surface area contributed by atoms with Crippen molar-refractivity contribution in [3.63, 3.8) is 0 Å². The van der Waals surface area contributed by atoms with Crippen molar-refractivity contribution in [3.8, 4) is 0 Å². The monoisotopic (exact) mass is 189 g/mol. The Morgan fingerprint density at radius 2 is 1.62 bits per heavy atom. The van der Waals surface area contributed by atoms with E-state index in [0.29, 0.717) is 12.1 Å². The summed E-state index contributed by atoms with van der Waals surface area (Å²) >= 11 is 0. The quantitative estimate of drug-likeness (QED) is 0.659. The van der Waals surface area contributed by atoms with Crippen LogP contribution in [-0.2, 0) is 4.74 Å². The summed E-state index contributed by atoms with van der Waals surface area (Å²) in [6.45, 7) is 14.8. The molecular formula is C11H27NO. The van der Waals surface area contributed by atoms with E-state index in [9.17, 15) is 0 Å². The molecule has 2 heteroatoms. The van der Waals surface area contributed by atoms with Gasteiger partial charge in [0, 0.05) is 19.7 Å². The molecule has 82 valence electrons. The van der Waals surface area contributed by atoms with Gasteiger partial charge in [0.1, 0.15) is 0 Å². The molecular weight excluding hydrogens is 162 g/mol. The van der Waals surface area contributed by atoms with Crippen LogP contribution in [0.15, 0.2) is 0 Å². The normalized spacial score (nSPS) is 12.7. The molecule has 0 spiro atoms. The maximum absolute atomic E-state index is 5.19. The fourth-order valence-corrected chi connectivity index (χ4v) is 1.11. The third-order valence-corrected chi connectivity index (χ3v) is 2.03. The fraction of sp³-hybridized carbons (Fsp3) is 1.00. The van der Waals surface area contributed by atoms with Crippen molar-refractivity contribution in [3.05, 3.63) is 0 Å². The Balaban J connectivity index is 0. The van der Waals surface area contributed by atoms with E-state index in [1.807, 2.05) is 13.8 Å². The Morgan fingerprint density at radius 1 is 1.15 bits per heavy atom. The number of likely N-dealkylation sites (N-methyl/N-ethyl adjacent to an activating group) is 1. The lowest BCUT2D eigenvalue weighted by Crippen LogP contribution is -2.36. The van der Waals surface area contributed by atoms with Gasteiger partial charge in [-0.15, -0.1) is 0 Å². The molecule has 0 N–H and O–H groups in total. The van der Waals surface area contributed by atoms with Crippen molar-refractivity contribution in [1.29, 1.82) is 0 Å². The van der Waals surface area contributed by atoms with Gasteiger partial charge < -0.3 is 4.74 Å². The summed E-state index contributed by atoms with van der Waals surface area (Å²) in [6, 6.07) is 0.623. The molecule has 0 aliphatic carbocycles. The zero-order chi connectivity index (χ0) is 10.9. The van der Waals surface area contributed by atoms with Crippen LogP contribution >= 0.6 is 0 Å². The second kappa shape index (κ2) is 10.0. The van der Waals surface area contributed by atoms with E-state index in [0.717, 1.165) is 13.1 Å². The zero-order valence-corrected chi connectivity index (χ0v) is 10.4. The van der Waals surface area contributed by atoms with Gasteiger partial charge in [0.2, 0.25) is 0 Å². The van der Waals surface area contributed by atoms with Crippen LogP contribution in [0.3, 0.4) is 0 Å². The Morgan fingerprint density at radius 3 is 1.85 bits per heavy atom. The minimum atomic E-state index is 0.345. The molecule has 0 aromatic carbocycles. The molecule has 0 aromatic heterocycles. The predicted octanol–water partition coefficient (Wildman–Crippen LogP) is 2.78. The van der Waals surface area contributed by atoms with E-state index in [1.54, 1.807) is 7.11 Å².